The van der Waals surface area contributed by atoms with Crippen molar-refractivity contribution in [3.05, 3.63) is 120 Å². The summed E-state index contributed by atoms with van der Waals surface area (Å²) in [6, 6.07) is 40.1. The van der Waals surface area contributed by atoms with Gasteiger partial charge in [0, 0.05) is 16.3 Å². The van der Waals surface area contributed by atoms with Gasteiger partial charge in [0.1, 0.15) is 11.2 Å². The molecular formula is C39H30O. The van der Waals surface area contributed by atoms with Crippen LogP contribution in [0.15, 0.2) is 114 Å². The Balaban J connectivity index is 1.56. The molecule has 0 aliphatic carbocycles. The molecule has 1 nitrogen and oxygen atoms in total. The lowest BCUT2D eigenvalue weighted by Crippen LogP contribution is -2.10. The first-order valence-corrected chi connectivity index (χ1v) is 14.1. The molecule has 0 bridgehead atoms. The summed E-state index contributed by atoms with van der Waals surface area (Å²) in [7, 11) is 0. The van der Waals surface area contributed by atoms with Crippen LogP contribution in [0.4, 0.5) is 0 Å². The molecule has 0 saturated heterocycles. The van der Waals surface area contributed by atoms with Crippen LogP contribution in [0.5, 0.6) is 0 Å². The van der Waals surface area contributed by atoms with Gasteiger partial charge in [-0.25, -0.2) is 0 Å². The first-order valence-electron chi connectivity index (χ1n) is 14.1. The van der Waals surface area contributed by atoms with Crippen LogP contribution in [-0.2, 0) is 5.41 Å². The molecule has 1 aromatic heterocycles. The molecule has 1 heterocycles. The lowest BCUT2D eigenvalue weighted by Gasteiger charge is -2.23. The number of fused-ring (bicyclic) bond motifs is 3. The van der Waals surface area contributed by atoms with E-state index in [1.165, 1.54) is 60.1 Å². The molecule has 8 rings (SSSR count). The third-order valence-corrected chi connectivity index (χ3v) is 8.71. The van der Waals surface area contributed by atoms with Crippen molar-refractivity contribution in [2.75, 3.05) is 0 Å². The maximum atomic E-state index is 6.55. The SMILES string of the molecule is Cc1ccccc1-c1cc(-c2cccc3c2oc2ccccc23)c2ccc3cc(C(C)(C)C)cc4ccc1c2c43. The molecule has 0 fully saturated rings. The van der Waals surface area contributed by atoms with Gasteiger partial charge in [0.2, 0.25) is 0 Å². The van der Waals surface area contributed by atoms with Crippen molar-refractivity contribution < 1.29 is 4.42 Å². The Morgan fingerprint density at radius 3 is 1.85 bits per heavy atom. The van der Waals surface area contributed by atoms with Crippen LogP contribution in [-0.4, -0.2) is 0 Å². The van der Waals surface area contributed by atoms with Gasteiger partial charge in [-0.2, -0.15) is 0 Å². The number of rotatable bonds is 2. The van der Waals surface area contributed by atoms with E-state index in [0.717, 1.165) is 27.5 Å². The topological polar surface area (TPSA) is 13.1 Å². The van der Waals surface area contributed by atoms with Crippen molar-refractivity contribution in [2.45, 2.75) is 33.1 Å². The van der Waals surface area contributed by atoms with E-state index < -0.39 is 0 Å². The molecule has 8 aromatic rings. The summed E-state index contributed by atoms with van der Waals surface area (Å²) in [5.74, 6) is 0. The van der Waals surface area contributed by atoms with E-state index in [4.69, 9.17) is 4.42 Å². The van der Waals surface area contributed by atoms with E-state index in [2.05, 4.69) is 131 Å². The molecule has 0 N–H and O–H groups in total. The van der Waals surface area contributed by atoms with Crippen LogP contribution in [0, 0.1) is 6.92 Å². The molecule has 0 amide bonds. The van der Waals surface area contributed by atoms with Crippen molar-refractivity contribution in [2.24, 2.45) is 0 Å². The highest BCUT2D eigenvalue weighted by molar-refractivity contribution is 6.29. The highest BCUT2D eigenvalue weighted by atomic mass is 16.3. The largest absolute Gasteiger partial charge is 0.455 e. The number of benzene rings is 7. The average molecular weight is 515 g/mol. The fraction of sp³-hybridized carbons (Fsp3) is 0.128. The van der Waals surface area contributed by atoms with E-state index in [0.29, 0.717) is 0 Å². The molecule has 0 atom stereocenters. The van der Waals surface area contributed by atoms with E-state index in [1.54, 1.807) is 0 Å². The van der Waals surface area contributed by atoms with Gasteiger partial charge in [-0.15, -0.1) is 0 Å². The standard InChI is InChI=1S/C39H30O/c1-23-10-5-6-11-27(23)33-22-34(32-14-9-13-31-28-12-7-8-15-35(28)40-38(31)32)30-19-17-25-21-26(39(2,3)4)20-24-16-18-29(33)37(30)36(24)25/h5-22H,1-4H3. The lowest BCUT2D eigenvalue weighted by atomic mass is 9.81. The zero-order chi connectivity index (χ0) is 27.2. The number of hydrogen-bond donors (Lipinski definition) is 0. The Labute approximate surface area is 234 Å². The zero-order valence-corrected chi connectivity index (χ0v) is 23.3. The van der Waals surface area contributed by atoms with Crippen molar-refractivity contribution >= 4 is 54.3 Å². The average Bonchev–Trinajstić information content (AvgIpc) is 3.34. The third kappa shape index (κ3) is 3.27. The van der Waals surface area contributed by atoms with Crippen molar-refractivity contribution in [1.82, 2.24) is 0 Å². The molecule has 0 aliphatic heterocycles. The summed E-state index contributed by atoms with van der Waals surface area (Å²) in [4.78, 5) is 0. The van der Waals surface area contributed by atoms with Crippen molar-refractivity contribution in [3.63, 3.8) is 0 Å². The first-order chi connectivity index (χ1) is 19.4. The van der Waals surface area contributed by atoms with Gasteiger partial charge in [0.25, 0.3) is 0 Å². The summed E-state index contributed by atoms with van der Waals surface area (Å²) in [6.45, 7) is 9.09. The summed E-state index contributed by atoms with van der Waals surface area (Å²) >= 11 is 0. The number of furan rings is 1. The van der Waals surface area contributed by atoms with E-state index in [9.17, 15) is 0 Å². The lowest BCUT2D eigenvalue weighted by molar-refractivity contribution is 0.591. The second-order valence-corrected chi connectivity index (χ2v) is 12.2. The van der Waals surface area contributed by atoms with Gasteiger partial charge in [-0.3, -0.25) is 0 Å². The molecule has 0 aliphatic rings. The highest BCUT2D eigenvalue weighted by Crippen LogP contribution is 2.47. The predicted octanol–water partition coefficient (Wildman–Crippen LogP) is 11.4. The maximum absolute atomic E-state index is 6.55. The Morgan fingerprint density at radius 2 is 1.12 bits per heavy atom. The minimum Gasteiger partial charge on any atom is -0.455 e. The summed E-state index contributed by atoms with van der Waals surface area (Å²) in [5.41, 5.74) is 9.49. The van der Waals surface area contributed by atoms with Crippen LogP contribution in [0.3, 0.4) is 0 Å². The smallest absolute Gasteiger partial charge is 0.143 e. The normalized spacial score (nSPS) is 12.5. The minimum atomic E-state index is 0.0822. The van der Waals surface area contributed by atoms with Gasteiger partial charge in [0.15, 0.2) is 0 Å². The quantitative estimate of drug-likeness (QED) is 0.209. The molecule has 1 heteroatoms. The van der Waals surface area contributed by atoms with Gasteiger partial charge < -0.3 is 4.42 Å². The molecule has 192 valence electrons. The van der Waals surface area contributed by atoms with Crippen LogP contribution >= 0.6 is 0 Å². The Hall–Kier alpha value is -4.62. The zero-order valence-electron chi connectivity index (χ0n) is 23.3. The Bertz CT molecular complexity index is 2240. The van der Waals surface area contributed by atoms with Crippen LogP contribution in [0.25, 0.3) is 76.5 Å². The Morgan fingerprint density at radius 1 is 0.500 bits per heavy atom. The van der Waals surface area contributed by atoms with E-state index in [1.807, 2.05) is 6.07 Å². The van der Waals surface area contributed by atoms with Crippen LogP contribution in [0.2, 0.25) is 0 Å². The molecule has 0 spiro atoms. The number of para-hydroxylation sites is 2. The second-order valence-electron chi connectivity index (χ2n) is 12.2. The Kier molecular flexibility index (Phi) is 4.77. The monoisotopic (exact) mass is 514 g/mol. The summed E-state index contributed by atoms with van der Waals surface area (Å²) in [6.07, 6.45) is 0. The van der Waals surface area contributed by atoms with Crippen molar-refractivity contribution in [3.8, 4) is 22.3 Å². The third-order valence-electron chi connectivity index (χ3n) is 8.71. The van der Waals surface area contributed by atoms with Gasteiger partial charge in [-0.1, -0.05) is 118 Å². The van der Waals surface area contributed by atoms with Gasteiger partial charge in [-0.05, 0) is 84.6 Å². The number of hydrogen-bond acceptors (Lipinski definition) is 1. The van der Waals surface area contributed by atoms with E-state index >= 15 is 0 Å². The maximum Gasteiger partial charge on any atom is 0.143 e. The predicted molar refractivity (Wildman–Crippen MR) is 172 cm³/mol. The van der Waals surface area contributed by atoms with Gasteiger partial charge >= 0.3 is 0 Å². The van der Waals surface area contributed by atoms with E-state index in [-0.39, 0.29) is 5.41 Å². The highest BCUT2D eigenvalue weighted by Gasteiger charge is 2.22. The van der Waals surface area contributed by atoms with Gasteiger partial charge in [0.05, 0.1) is 0 Å². The fourth-order valence-electron chi connectivity index (χ4n) is 6.63. The molecule has 7 aromatic carbocycles. The fourth-order valence-corrected chi connectivity index (χ4v) is 6.63. The van der Waals surface area contributed by atoms with Crippen LogP contribution < -0.4 is 0 Å². The second kappa shape index (κ2) is 8.19. The molecular weight excluding hydrogens is 484 g/mol. The minimum absolute atomic E-state index is 0.0822. The molecule has 0 radical (unpaired) electrons. The molecule has 0 unspecified atom stereocenters. The molecule has 40 heavy (non-hydrogen) atoms. The van der Waals surface area contributed by atoms with Crippen LogP contribution in [0.1, 0.15) is 31.9 Å². The number of aryl methyl sites for hydroxylation is 1. The summed E-state index contributed by atoms with van der Waals surface area (Å²) < 4.78 is 6.55. The summed E-state index contributed by atoms with van der Waals surface area (Å²) in [5, 5.41) is 10.2. The first kappa shape index (κ1) is 23.3. The van der Waals surface area contributed by atoms with Crippen molar-refractivity contribution in [1.29, 1.82) is 0 Å². The molecule has 0 saturated carbocycles.